The molecule has 7 heteroatoms. The molecular weight excluding hydrogens is 326 g/mol. The van der Waals surface area contributed by atoms with Gasteiger partial charge in [0.1, 0.15) is 24.1 Å². The van der Waals surface area contributed by atoms with Crippen LogP contribution >= 0.6 is 0 Å². The number of carbonyl (C=O) groups is 1. The SMILES string of the molecule is O=C(CNc1cc(-c2ccc(F)cc2)ncn1)N1CC(F)C2(CC2)C1. The molecule has 1 amide bonds. The number of amides is 1. The third kappa shape index (κ3) is 3.18. The molecule has 25 heavy (non-hydrogen) atoms. The zero-order valence-electron chi connectivity index (χ0n) is 13.6. The van der Waals surface area contributed by atoms with Crippen molar-refractivity contribution in [3.05, 3.63) is 42.5 Å². The molecule has 1 saturated heterocycles. The van der Waals surface area contributed by atoms with Gasteiger partial charge in [0.2, 0.25) is 5.91 Å². The van der Waals surface area contributed by atoms with Gasteiger partial charge >= 0.3 is 0 Å². The van der Waals surface area contributed by atoms with Gasteiger partial charge in [-0.3, -0.25) is 4.79 Å². The van der Waals surface area contributed by atoms with Crippen molar-refractivity contribution in [1.29, 1.82) is 0 Å². The minimum Gasteiger partial charge on any atom is -0.361 e. The van der Waals surface area contributed by atoms with Gasteiger partial charge in [-0.1, -0.05) is 0 Å². The van der Waals surface area contributed by atoms with E-state index in [1.165, 1.54) is 18.5 Å². The molecule has 1 aromatic heterocycles. The van der Waals surface area contributed by atoms with Crippen molar-refractivity contribution in [2.24, 2.45) is 5.41 Å². The first kappa shape index (κ1) is 15.9. The summed E-state index contributed by atoms with van der Waals surface area (Å²) < 4.78 is 27.0. The van der Waals surface area contributed by atoms with Crippen LogP contribution in [-0.4, -0.2) is 46.6 Å². The summed E-state index contributed by atoms with van der Waals surface area (Å²) >= 11 is 0. The lowest BCUT2D eigenvalue weighted by atomic mass is 10.1. The average molecular weight is 344 g/mol. The van der Waals surface area contributed by atoms with E-state index in [0.717, 1.165) is 18.4 Å². The molecule has 0 radical (unpaired) electrons. The van der Waals surface area contributed by atoms with Crippen molar-refractivity contribution >= 4 is 11.7 Å². The van der Waals surface area contributed by atoms with Crippen molar-refractivity contribution in [3.63, 3.8) is 0 Å². The van der Waals surface area contributed by atoms with Crippen molar-refractivity contribution in [1.82, 2.24) is 14.9 Å². The number of likely N-dealkylation sites (tertiary alicyclic amines) is 1. The summed E-state index contributed by atoms with van der Waals surface area (Å²) in [6.07, 6.45) is 2.23. The lowest BCUT2D eigenvalue weighted by Crippen LogP contribution is -2.34. The summed E-state index contributed by atoms with van der Waals surface area (Å²) in [5.41, 5.74) is 1.13. The standard InChI is InChI=1S/C18H18F2N4O/c19-13-3-1-12(2-4-13)14-7-16(23-11-22-14)21-8-17(25)24-9-15(20)18(10-24)5-6-18/h1-4,7,11,15H,5-6,8-10H2,(H,21,22,23). The van der Waals surface area contributed by atoms with Gasteiger partial charge in [-0.15, -0.1) is 0 Å². The van der Waals surface area contributed by atoms with E-state index < -0.39 is 6.17 Å². The van der Waals surface area contributed by atoms with Crippen molar-refractivity contribution in [3.8, 4) is 11.3 Å². The van der Waals surface area contributed by atoms with Crippen LogP contribution in [-0.2, 0) is 4.79 Å². The van der Waals surface area contributed by atoms with Crippen LogP contribution in [0.3, 0.4) is 0 Å². The first-order valence-corrected chi connectivity index (χ1v) is 8.29. The zero-order valence-corrected chi connectivity index (χ0v) is 13.6. The van der Waals surface area contributed by atoms with Gasteiger partial charge in [-0.25, -0.2) is 18.7 Å². The molecule has 4 rings (SSSR count). The molecule has 1 spiro atoms. The minimum absolute atomic E-state index is 0.0582. The zero-order chi connectivity index (χ0) is 17.4. The van der Waals surface area contributed by atoms with E-state index in [-0.39, 0.29) is 30.2 Å². The predicted octanol–water partition coefficient (Wildman–Crippen LogP) is 2.66. The Morgan fingerprint density at radius 1 is 1.28 bits per heavy atom. The summed E-state index contributed by atoms with van der Waals surface area (Å²) in [7, 11) is 0. The topological polar surface area (TPSA) is 58.1 Å². The number of hydrogen-bond donors (Lipinski definition) is 1. The molecular formula is C18H18F2N4O. The van der Waals surface area contributed by atoms with Crippen molar-refractivity contribution in [2.45, 2.75) is 19.0 Å². The summed E-state index contributed by atoms with van der Waals surface area (Å²) in [4.78, 5) is 22.1. The highest BCUT2D eigenvalue weighted by molar-refractivity contribution is 5.81. The van der Waals surface area contributed by atoms with E-state index in [4.69, 9.17) is 0 Å². The maximum Gasteiger partial charge on any atom is 0.242 e. The molecule has 130 valence electrons. The van der Waals surface area contributed by atoms with Gasteiger partial charge in [-0.2, -0.15) is 0 Å². The largest absolute Gasteiger partial charge is 0.361 e. The first-order valence-electron chi connectivity index (χ1n) is 8.29. The van der Waals surface area contributed by atoms with Crippen molar-refractivity contribution < 1.29 is 13.6 Å². The van der Waals surface area contributed by atoms with Gasteiger partial charge in [0, 0.05) is 23.6 Å². The second-order valence-corrected chi connectivity index (χ2v) is 6.75. The second kappa shape index (κ2) is 6.06. The van der Waals surface area contributed by atoms with Crippen LogP contribution in [0.25, 0.3) is 11.3 Å². The number of carbonyl (C=O) groups excluding carboxylic acids is 1. The van der Waals surface area contributed by atoms with Gasteiger partial charge in [0.25, 0.3) is 0 Å². The van der Waals surface area contributed by atoms with E-state index in [1.807, 2.05) is 0 Å². The van der Waals surface area contributed by atoms with Crippen LogP contribution in [0.2, 0.25) is 0 Å². The summed E-state index contributed by atoms with van der Waals surface area (Å²) in [6.45, 7) is 0.757. The van der Waals surface area contributed by atoms with E-state index in [2.05, 4.69) is 15.3 Å². The molecule has 0 bridgehead atoms. The van der Waals surface area contributed by atoms with E-state index in [1.54, 1.807) is 23.1 Å². The highest BCUT2D eigenvalue weighted by Gasteiger charge is 2.56. The average Bonchev–Trinajstić information content (AvgIpc) is 3.33. The van der Waals surface area contributed by atoms with Gasteiger partial charge in [0.05, 0.1) is 18.8 Å². The van der Waals surface area contributed by atoms with Crippen LogP contribution in [0.4, 0.5) is 14.6 Å². The monoisotopic (exact) mass is 344 g/mol. The molecule has 2 heterocycles. The number of aromatic nitrogens is 2. The van der Waals surface area contributed by atoms with Crippen LogP contribution in [0.1, 0.15) is 12.8 Å². The lowest BCUT2D eigenvalue weighted by Gasteiger charge is -2.16. The Morgan fingerprint density at radius 3 is 2.72 bits per heavy atom. The normalized spacial score (nSPS) is 20.7. The molecule has 1 aromatic carbocycles. The minimum atomic E-state index is -0.902. The van der Waals surface area contributed by atoms with Crippen LogP contribution < -0.4 is 5.32 Å². The molecule has 2 aliphatic rings. The number of nitrogens with one attached hydrogen (secondary N) is 1. The summed E-state index contributed by atoms with van der Waals surface area (Å²) in [5, 5.41) is 2.97. The molecule has 1 atom stereocenters. The fourth-order valence-electron chi connectivity index (χ4n) is 3.26. The van der Waals surface area contributed by atoms with Crippen LogP contribution in [0.5, 0.6) is 0 Å². The molecule has 1 N–H and O–H groups in total. The first-order chi connectivity index (χ1) is 12.1. The fourth-order valence-corrected chi connectivity index (χ4v) is 3.26. The smallest absolute Gasteiger partial charge is 0.242 e. The molecule has 2 fully saturated rings. The maximum absolute atomic E-state index is 13.9. The Labute approximate surface area is 144 Å². The third-order valence-electron chi connectivity index (χ3n) is 5.02. The van der Waals surface area contributed by atoms with Gasteiger partial charge in [0.15, 0.2) is 0 Å². The second-order valence-electron chi connectivity index (χ2n) is 6.75. The van der Waals surface area contributed by atoms with Crippen LogP contribution in [0, 0.1) is 11.2 Å². The quantitative estimate of drug-likeness (QED) is 0.926. The van der Waals surface area contributed by atoms with Crippen molar-refractivity contribution in [2.75, 3.05) is 25.0 Å². The highest BCUT2D eigenvalue weighted by Crippen LogP contribution is 2.54. The Kier molecular flexibility index (Phi) is 3.86. The molecule has 1 saturated carbocycles. The number of benzene rings is 1. The molecule has 1 aliphatic heterocycles. The maximum atomic E-state index is 13.9. The Bertz CT molecular complexity index is 792. The Morgan fingerprint density at radius 2 is 2.04 bits per heavy atom. The third-order valence-corrected chi connectivity index (χ3v) is 5.02. The predicted molar refractivity (Wildman–Crippen MR) is 89.1 cm³/mol. The van der Waals surface area contributed by atoms with Gasteiger partial charge < -0.3 is 10.2 Å². The Balaban J connectivity index is 1.39. The molecule has 1 aliphatic carbocycles. The number of nitrogens with zero attached hydrogens (tertiary/aromatic N) is 3. The van der Waals surface area contributed by atoms with Crippen LogP contribution in [0.15, 0.2) is 36.7 Å². The van der Waals surface area contributed by atoms with Gasteiger partial charge in [-0.05, 0) is 37.1 Å². The number of hydrogen-bond acceptors (Lipinski definition) is 4. The lowest BCUT2D eigenvalue weighted by molar-refractivity contribution is -0.128. The Hall–Kier alpha value is -2.57. The number of alkyl halides is 1. The molecule has 5 nitrogen and oxygen atoms in total. The van der Waals surface area contributed by atoms with E-state index in [9.17, 15) is 13.6 Å². The fraction of sp³-hybridized carbons (Fsp3) is 0.389. The highest BCUT2D eigenvalue weighted by atomic mass is 19.1. The van der Waals surface area contributed by atoms with E-state index in [0.29, 0.717) is 18.1 Å². The number of halogens is 2. The number of anilines is 1. The number of rotatable bonds is 4. The summed E-state index contributed by atoms with van der Waals surface area (Å²) in [5.74, 6) is 0.0557. The molecule has 2 aromatic rings. The summed E-state index contributed by atoms with van der Waals surface area (Å²) in [6, 6.07) is 7.69. The molecule has 1 unspecified atom stereocenters. The van der Waals surface area contributed by atoms with E-state index >= 15 is 0 Å².